The number of imidazole rings is 1. The van der Waals surface area contributed by atoms with Crippen LogP contribution in [0.1, 0.15) is 11.3 Å². The first kappa shape index (κ1) is 18.8. The average molecular weight is 434 g/mol. The lowest BCUT2D eigenvalue weighted by atomic mass is 10.2. The SMILES string of the molecule is Cc1ccnc(-n2c(SCc3cn4cc(Cl)ccc4n3)nc3ccccc3c2=O)c1. The normalized spacial score (nSPS) is 11.4. The van der Waals surface area contributed by atoms with Gasteiger partial charge in [-0.05, 0) is 48.9 Å². The molecule has 0 saturated carbocycles. The van der Waals surface area contributed by atoms with E-state index < -0.39 is 0 Å². The summed E-state index contributed by atoms with van der Waals surface area (Å²) < 4.78 is 3.47. The van der Waals surface area contributed by atoms with Crippen molar-refractivity contribution in [1.29, 1.82) is 0 Å². The molecular formula is C22H16ClN5OS. The Morgan fingerprint density at radius 2 is 1.93 bits per heavy atom. The molecule has 4 heterocycles. The summed E-state index contributed by atoms with van der Waals surface area (Å²) in [6, 6.07) is 14.8. The Morgan fingerprint density at radius 1 is 1.07 bits per heavy atom. The molecule has 0 radical (unpaired) electrons. The fraction of sp³-hybridized carbons (Fsp3) is 0.0909. The number of hydrogen-bond acceptors (Lipinski definition) is 5. The van der Waals surface area contributed by atoms with E-state index in [-0.39, 0.29) is 5.56 Å². The average Bonchev–Trinajstić information content (AvgIpc) is 3.14. The summed E-state index contributed by atoms with van der Waals surface area (Å²) in [5.41, 5.74) is 3.24. The van der Waals surface area contributed by atoms with E-state index >= 15 is 0 Å². The van der Waals surface area contributed by atoms with Gasteiger partial charge in [-0.2, -0.15) is 0 Å². The van der Waals surface area contributed by atoms with Crippen molar-refractivity contribution in [3.63, 3.8) is 0 Å². The molecule has 4 aromatic heterocycles. The van der Waals surface area contributed by atoms with Crippen molar-refractivity contribution in [1.82, 2.24) is 23.9 Å². The third-order valence-corrected chi connectivity index (χ3v) is 5.88. The molecule has 30 heavy (non-hydrogen) atoms. The Bertz CT molecular complexity index is 1460. The van der Waals surface area contributed by atoms with Crippen LogP contribution in [0.15, 0.2) is 77.1 Å². The number of fused-ring (bicyclic) bond motifs is 2. The summed E-state index contributed by atoms with van der Waals surface area (Å²) >= 11 is 7.52. The van der Waals surface area contributed by atoms with Crippen molar-refractivity contribution in [3.05, 3.63) is 93.8 Å². The zero-order valence-corrected chi connectivity index (χ0v) is 17.6. The van der Waals surface area contributed by atoms with E-state index in [9.17, 15) is 4.79 Å². The molecule has 0 aliphatic rings. The van der Waals surface area contributed by atoms with Gasteiger partial charge in [0.2, 0.25) is 0 Å². The van der Waals surface area contributed by atoms with Gasteiger partial charge in [0, 0.05) is 24.3 Å². The number of para-hydroxylation sites is 1. The number of rotatable bonds is 4. The van der Waals surface area contributed by atoms with E-state index in [1.165, 1.54) is 11.8 Å². The van der Waals surface area contributed by atoms with Crippen LogP contribution in [0.3, 0.4) is 0 Å². The third-order valence-electron chi connectivity index (χ3n) is 4.69. The fourth-order valence-corrected chi connectivity index (χ4v) is 4.33. The summed E-state index contributed by atoms with van der Waals surface area (Å²) in [4.78, 5) is 27.1. The molecule has 5 rings (SSSR count). The summed E-state index contributed by atoms with van der Waals surface area (Å²) in [5.74, 6) is 1.11. The monoisotopic (exact) mass is 433 g/mol. The molecule has 0 bridgehead atoms. The van der Waals surface area contributed by atoms with Crippen molar-refractivity contribution in [2.75, 3.05) is 0 Å². The first-order valence-corrected chi connectivity index (χ1v) is 10.7. The van der Waals surface area contributed by atoms with Crippen LogP contribution in [0.25, 0.3) is 22.4 Å². The zero-order chi connectivity index (χ0) is 20.7. The zero-order valence-electron chi connectivity index (χ0n) is 16.0. The first-order chi connectivity index (χ1) is 14.6. The molecule has 0 aliphatic heterocycles. The molecule has 0 spiro atoms. The van der Waals surface area contributed by atoms with Gasteiger partial charge in [-0.25, -0.2) is 19.5 Å². The van der Waals surface area contributed by atoms with E-state index in [2.05, 4.69) is 9.97 Å². The van der Waals surface area contributed by atoms with Crippen molar-refractivity contribution < 1.29 is 0 Å². The van der Waals surface area contributed by atoms with Crippen LogP contribution in [-0.2, 0) is 5.75 Å². The highest BCUT2D eigenvalue weighted by atomic mass is 35.5. The highest BCUT2D eigenvalue weighted by molar-refractivity contribution is 7.98. The van der Waals surface area contributed by atoms with Crippen molar-refractivity contribution in [3.8, 4) is 5.82 Å². The number of aryl methyl sites for hydroxylation is 1. The second-order valence-electron chi connectivity index (χ2n) is 6.88. The van der Waals surface area contributed by atoms with Crippen LogP contribution in [0.5, 0.6) is 0 Å². The molecular weight excluding hydrogens is 418 g/mol. The highest BCUT2D eigenvalue weighted by Gasteiger charge is 2.15. The van der Waals surface area contributed by atoms with Crippen LogP contribution in [-0.4, -0.2) is 23.9 Å². The van der Waals surface area contributed by atoms with Crippen molar-refractivity contribution in [2.24, 2.45) is 0 Å². The molecule has 6 nitrogen and oxygen atoms in total. The van der Waals surface area contributed by atoms with E-state index in [0.29, 0.717) is 32.7 Å². The minimum atomic E-state index is -0.136. The van der Waals surface area contributed by atoms with Crippen LogP contribution < -0.4 is 5.56 Å². The van der Waals surface area contributed by atoms with Crippen molar-refractivity contribution in [2.45, 2.75) is 17.8 Å². The van der Waals surface area contributed by atoms with Gasteiger partial charge in [0.1, 0.15) is 11.5 Å². The Hall–Kier alpha value is -3.16. The van der Waals surface area contributed by atoms with Gasteiger partial charge in [0.25, 0.3) is 5.56 Å². The van der Waals surface area contributed by atoms with Crippen LogP contribution in [0.2, 0.25) is 5.02 Å². The molecule has 8 heteroatoms. The molecule has 5 aromatic rings. The van der Waals surface area contributed by atoms with Gasteiger partial charge < -0.3 is 4.40 Å². The Labute approximate surface area is 181 Å². The summed E-state index contributed by atoms with van der Waals surface area (Å²) in [7, 11) is 0. The standard InChI is InChI=1S/C22H16ClN5OS/c1-14-8-9-24-20(10-14)28-21(29)17-4-2-3-5-18(17)26-22(28)30-13-16-12-27-11-15(23)6-7-19(27)25-16/h2-12H,13H2,1H3. The summed E-state index contributed by atoms with van der Waals surface area (Å²) in [5, 5.41) is 1.79. The van der Waals surface area contributed by atoms with Crippen LogP contribution in [0.4, 0.5) is 0 Å². The Kier molecular flexibility index (Phi) is 4.77. The minimum Gasteiger partial charge on any atom is -0.305 e. The topological polar surface area (TPSA) is 65.1 Å². The largest absolute Gasteiger partial charge is 0.305 e. The number of thioether (sulfide) groups is 1. The summed E-state index contributed by atoms with van der Waals surface area (Å²) in [6.45, 7) is 1.97. The molecule has 1 aromatic carbocycles. The Morgan fingerprint density at radius 3 is 2.80 bits per heavy atom. The predicted molar refractivity (Wildman–Crippen MR) is 120 cm³/mol. The predicted octanol–water partition coefficient (Wildman–Crippen LogP) is 4.68. The first-order valence-electron chi connectivity index (χ1n) is 9.29. The maximum atomic E-state index is 13.3. The minimum absolute atomic E-state index is 0.136. The van der Waals surface area contributed by atoms with Crippen LogP contribution in [0, 0.1) is 6.92 Å². The van der Waals surface area contributed by atoms with Gasteiger partial charge >= 0.3 is 0 Å². The van der Waals surface area contributed by atoms with Gasteiger partial charge in [-0.15, -0.1) is 0 Å². The lowest BCUT2D eigenvalue weighted by Crippen LogP contribution is -2.22. The summed E-state index contributed by atoms with van der Waals surface area (Å²) in [6.07, 6.45) is 5.45. The number of pyridine rings is 2. The fourth-order valence-electron chi connectivity index (χ4n) is 3.28. The number of halogens is 1. The highest BCUT2D eigenvalue weighted by Crippen LogP contribution is 2.24. The van der Waals surface area contributed by atoms with E-state index in [0.717, 1.165) is 16.9 Å². The molecule has 0 aliphatic carbocycles. The van der Waals surface area contributed by atoms with E-state index in [1.54, 1.807) is 16.8 Å². The number of nitrogens with zero attached hydrogens (tertiary/aromatic N) is 5. The molecule has 0 atom stereocenters. The van der Waals surface area contributed by atoms with E-state index in [4.69, 9.17) is 16.6 Å². The van der Waals surface area contributed by atoms with Gasteiger partial charge in [0.05, 0.1) is 21.6 Å². The van der Waals surface area contributed by atoms with Gasteiger partial charge in [-0.3, -0.25) is 4.79 Å². The lowest BCUT2D eigenvalue weighted by molar-refractivity contribution is 0.794. The molecule has 0 unspecified atom stereocenters. The Balaban J connectivity index is 1.59. The van der Waals surface area contributed by atoms with Gasteiger partial charge in [-0.1, -0.05) is 35.5 Å². The molecule has 0 fully saturated rings. The molecule has 148 valence electrons. The maximum absolute atomic E-state index is 13.3. The third kappa shape index (κ3) is 3.46. The lowest BCUT2D eigenvalue weighted by Gasteiger charge is -2.12. The second-order valence-corrected chi connectivity index (χ2v) is 8.26. The van der Waals surface area contributed by atoms with Gasteiger partial charge in [0.15, 0.2) is 5.16 Å². The van der Waals surface area contributed by atoms with Crippen LogP contribution >= 0.6 is 23.4 Å². The molecule has 0 saturated heterocycles. The number of aromatic nitrogens is 5. The second kappa shape index (κ2) is 7.59. The maximum Gasteiger partial charge on any atom is 0.267 e. The smallest absolute Gasteiger partial charge is 0.267 e. The van der Waals surface area contributed by atoms with E-state index in [1.807, 2.05) is 66.2 Å². The molecule has 0 amide bonds. The quantitative estimate of drug-likeness (QED) is 0.304. The molecule has 0 N–H and O–H groups in total. The van der Waals surface area contributed by atoms with Crippen molar-refractivity contribution >= 4 is 39.9 Å². The number of hydrogen-bond donors (Lipinski definition) is 0. The number of benzene rings is 1.